The van der Waals surface area contributed by atoms with Crippen LogP contribution in [0.5, 0.6) is 0 Å². The van der Waals surface area contributed by atoms with Crippen LogP contribution in [0, 0.1) is 0 Å². The van der Waals surface area contributed by atoms with Crippen LogP contribution in [0.2, 0.25) is 0 Å². The van der Waals surface area contributed by atoms with Crippen molar-refractivity contribution in [3.63, 3.8) is 0 Å². The van der Waals surface area contributed by atoms with Gasteiger partial charge >= 0.3 is 0 Å². The molecule has 39 heavy (non-hydrogen) atoms. The Labute approximate surface area is 224 Å². The molecule has 11 heteroatoms. The fourth-order valence-corrected chi connectivity index (χ4v) is 4.93. The summed E-state index contributed by atoms with van der Waals surface area (Å²) in [5.74, 6) is 0.627. The number of anilines is 3. The molecule has 4 aromatic rings. The summed E-state index contributed by atoms with van der Waals surface area (Å²) in [7, 11) is 1.92. The zero-order chi connectivity index (χ0) is 26.9. The average molecular weight is 532 g/mol. The third-order valence-electron chi connectivity index (χ3n) is 7.20. The molecule has 1 saturated heterocycles. The van der Waals surface area contributed by atoms with Crippen molar-refractivity contribution in [2.24, 2.45) is 0 Å². The van der Waals surface area contributed by atoms with E-state index in [1.54, 1.807) is 27.4 Å². The Morgan fingerprint density at radius 1 is 1.18 bits per heavy atom. The number of ether oxygens (including phenoxy) is 1. The molecule has 1 aromatic carbocycles. The lowest BCUT2D eigenvalue weighted by molar-refractivity contribution is 0.0687. The topological polar surface area (TPSA) is 106 Å². The summed E-state index contributed by atoms with van der Waals surface area (Å²) >= 11 is 0. The molecule has 0 bridgehead atoms. The number of aromatic nitrogens is 4. The molecule has 1 amide bonds. The number of rotatable bonds is 8. The van der Waals surface area contributed by atoms with Gasteiger partial charge in [0.2, 0.25) is 0 Å². The van der Waals surface area contributed by atoms with Gasteiger partial charge in [-0.15, -0.1) is 0 Å². The van der Waals surface area contributed by atoms with Gasteiger partial charge in [-0.1, -0.05) is 30.3 Å². The van der Waals surface area contributed by atoms with E-state index in [2.05, 4.69) is 20.7 Å². The van der Waals surface area contributed by atoms with Gasteiger partial charge in [-0.3, -0.25) is 9.59 Å². The highest BCUT2D eigenvalue weighted by atomic mass is 19.1. The van der Waals surface area contributed by atoms with Crippen molar-refractivity contribution in [3.8, 4) is 0 Å². The van der Waals surface area contributed by atoms with Crippen LogP contribution in [0.25, 0.3) is 5.65 Å². The second kappa shape index (κ2) is 10.5. The van der Waals surface area contributed by atoms with Gasteiger partial charge in [-0.2, -0.15) is 9.61 Å². The van der Waals surface area contributed by atoms with Crippen molar-refractivity contribution in [2.45, 2.75) is 44.1 Å². The quantitative estimate of drug-likeness (QED) is 0.359. The van der Waals surface area contributed by atoms with Crippen LogP contribution < -0.4 is 21.1 Å². The molecular weight excluding hydrogens is 501 g/mol. The summed E-state index contributed by atoms with van der Waals surface area (Å²) in [5.41, 5.74) is 1.86. The van der Waals surface area contributed by atoms with Crippen LogP contribution in [0.3, 0.4) is 0 Å². The summed E-state index contributed by atoms with van der Waals surface area (Å²) in [6.45, 7) is 1.83. The number of fused-ring (bicyclic) bond motifs is 1. The molecule has 2 aliphatic rings. The number of benzene rings is 1. The van der Waals surface area contributed by atoms with Crippen molar-refractivity contribution in [1.82, 2.24) is 24.5 Å². The van der Waals surface area contributed by atoms with E-state index in [9.17, 15) is 14.0 Å². The van der Waals surface area contributed by atoms with Gasteiger partial charge in [0.05, 0.1) is 12.2 Å². The molecule has 0 unspecified atom stereocenters. The lowest BCUT2D eigenvalue weighted by Crippen LogP contribution is -2.30. The molecule has 0 radical (unpaired) electrons. The Bertz CT molecular complexity index is 1550. The monoisotopic (exact) mass is 531 g/mol. The third kappa shape index (κ3) is 5.22. The number of halogens is 1. The Kier molecular flexibility index (Phi) is 6.74. The molecular formula is C28H30FN7O3. The van der Waals surface area contributed by atoms with E-state index in [1.807, 2.05) is 48.3 Å². The highest BCUT2D eigenvalue weighted by Gasteiger charge is 2.39. The molecule has 4 heterocycles. The maximum absolute atomic E-state index is 13.5. The lowest BCUT2D eigenvalue weighted by Gasteiger charge is -2.24. The maximum Gasteiger partial charge on any atom is 0.274 e. The van der Waals surface area contributed by atoms with Gasteiger partial charge < -0.3 is 24.8 Å². The van der Waals surface area contributed by atoms with Gasteiger partial charge in [-0.05, 0) is 30.5 Å². The Hall–Kier alpha value is -4.25. The highest BCUT2D eigenvalue weighted by Crippen LogP contribution is 2.28. The summed E-state index contributed by atoms with van der Waals surface area (Å²) < 4.78 is 22.3. The van der Waals surface area contributed by atoms with Crippen LogP contribution in [0.15, 0.2) is 65.7 Å². The van der Waals surface area contributed by atoms with Crippen LogP contribution in [-0.4, -0.2) is 57.5 Å². The third-order valence-corrected chi connectivity index (χ3v) is 7.20. The second-order valence-electron chi connectivity index (χ2n) is 10.1. The molecule has 1 aliphatic heterocycles. The molecule has 1 aliphatic carbocycles. The molecule has 10 nitrogen and oxygen atoms in total. The highest BCUT2D eigenvalue weighted by molar-refractivity contribution is 6.00. The number of carbonyl (C=O) groups excluding carboxylic acids is 1. The fourth-order valence-electron chi connectivity index (χ4n) is 4.93. The Morgan fingerprint density at radius 2 is 1.95 bits per heavy atom. The molecule has 2 fully saturated rings. The number of hydrogen-bond acceptors (Lipinski definition) is 7. The van der Waals surface area contributed by atoms with E-state index < -0.39 is 18.1 Å². The first-order chi connectivity index (χ1) is 19.0. The standard InChI is InChI=1S/C28H30FN7O3/c1-34(17-18-6-3-2-4-7-18)25-15-24(31-22-8-5-11-35(28(22)38)19-9-12-39-13-10-19)33-26-20(16-30-36(25)26)27(37)32-23-14-21(23)29/h2-8,11,15-16,19,21,23H,9-10,12-14,17H2,1H3,(H,31,33)(H,32,37)/t21-,23+/m0/s1. The van der Waals surface area contributed by atoms with Crippen molar-refractivity contribution in [1.29, 1.82) is 0 Å². The van der Waals surface area contributed by atoms with Gasteiger partial charge in [0.1, 0.15) is 29.1 Å². The van der Waals surface area contributed by atoms with Crippen molar-refractivity contribution >= 4 is 28.9 Å². The van der Waals surface area contributed by atoms with Crippen LogP contribution in [0.4, 0.5) is 21.7 Å². The number of nitrogens with one attached hydrogen (secondary N) is 2. The Balaban J connectivity index is 1.37. The number of carbonyl (C=O) groups is 1. The van der Waals surface area contributed by atoms with E-state index in [-0.39, 0.29) is 17.2 Å². The van der Waals surface area contributed by atoms with Gasteiger partial charge in [0.15, 0.2) is 5.65 Å². The molecule has 6 rings (SSSR count). The minimum Gasteiger partial charge on any atom is -0.381 e. The van der Waals surface area contributed by atoms with Gasteiger partial charge in [0, 0.05) is 51.5 Å². The minimum atomic E-state index is -1.02. The van der Waals surface area contributed by atoms with Crippen LogP contribution >= 0.6 is 0 Å². The normalized spacial score (nSPS) is 19.1. The lowest BCUT2D eigenvalue weighted by atomic mass is 10.1. The zero-order valence-electron chi connectivity index (χ0n) is 21.6. The summed E-state index contributed by atoms with van der Waals surface area (Å²) in [5, 5.41) is 10.3. The van der Waals surface area contributed by atoms with Crippen molar-refractivity contribution < 1.29 is 13.9 Å². The molecule has 0 spiro atoms. The number of hydrogen-bond donors (Lipinski definition) is 2. The SMILES string of the molecule is CN(Cc1ccccc1)c1cc(Nc2cccn(C3CCOCC3)c2=O)nc2c(C(=O)N[C@@H]3C[C@@H]3F)cnn12. The smallest absolute Gasteiger partial charge is 0.274 e. The fraction of sp³-hybridized carbons (Fsp3) is 0.357. The number of nitrogens with zero attached hydrogens (tertiary/aromatic N) is 5. The zero-order valence-corrected chi connectivity index (χ0v) is 21.6. The van der Waals surface area contributed by atoms with Crippen molar-refractivity contribution in [3.05, 3.63) is 82.4 Å². The first-order valence-corrected chi connectivity index (χ1v) is 13.1. The van der Waals surface area contributed by atoms with E-state index in [4.69, 9.17) is 4.74 Å². The van der Waals surface area contributed by atoms with E-state index in [0.29, 0.717) is 49.1 Å². The predicted molar refractivity (Wildman–Crippen MR) is 145 cm³/mol. The Morgan fingerprint density at radius 3 is 2.69 bits per heavy atom. The first-order valence-electron chi connectivity index (χ1n) is 13.1. The van der Waals surface area contributed by atoms with E-state index in [1.165, 1.54) is 6.20 Å². The average Bonchev–Trinajstić information content (AvgIpc) is 3.47. The summed E-state index contributed by atoms with van der Waals surface area (Å²) in [6.07, 6.45) is 4.08. The molecule has 202 valence electrons. The predicted octanol–water partition coefficient (Wildman–Crippen LogP) is 3.46. The van der Waals surface area contributed by atoms with Crippen molar-refractivity contribution in [2.75, 3.05) is 30.5 Å². The van der Waals surface area contributed by atoms with Crippen LogP contribution in [-0.2, 0) is 11.3 Å². The summed E-state index contributed by atoms with van der Waals surface area (Å²) in [4.78, 5) is 33.0. The maximum atomic E-state index is 13.5. The second-order valence-corrected chi connectivity index (χ2v) is 10.1. The molecule has 2 N–H and O–H groups in total. The minimum absolute atomic E-state index is 0.0721. The van der Waals surface area contributed by atoms with E-state index >= 15 is 0 Å². The number of amides is 1. The number of alkyl halides is 1. The summed E-state index contributed by atoms with van der Waals surface area (Å²) in [6, 6.07) is 14.9. The molecule has 1 saturated carbocycles. The molecule has 2 atom stereocenters. The van der Waals surface area contributed by atoms with E-state index in [0.717, 1.165) is 18.4 Å². The number of pyridine rings is 1. The van der Waals surface area contributed by atoms with Crippen LogP contribution in [0.1, 0.15) is 41.2 Å². The van der Waals surface area contributed by atoms with Gasteiger partial charge in [-0.25, -0.2) is 9.37 Å². The van der Waals surface area contributed by atoms with Gasteiger partial charge in [0.25, 0.3) is 11.5 Å². The largest absolute Gasteiger partial charge is 0.381 e. The molecule has 3 aromatic heterocycles. The first kappa shape index (κ1) is 25.1.